The van der Waals surface area contributed by atoms with E-state index in [0.29, 0.717) is 17.1 Å². The van der Waals surface area contributed by atoms with Gasteiger partial charge in [0, 0.05) is 11.4 Å². The maximum atomic E-state index is 13.7. The summed E-state index contributed by atoms with van der Waals surface area (Å²) in [4.78, 5) is 24.5. The zero-order valence-electron chi connectivity index (χ0n) is 15.0. The summed E-state index contributed by atoms with van der Waals surface area (Å²) in [5.41, 5.74) is 2.63. The molecule has 0 radical (unpaired) electrons. The van der Waals surface area contributed by atoms with Crippen molar-refractivity contribution in [3.05, 3.63) is 89.7 Å². The average molecular weight is 395 g/mol. The molecule has 0 aliphatic rings. The van der Waals surface area contributed by atoms with Crippen LogP contribution in [0.1, 0.15) is 15.9 Å². The number of nitrogens with zero attached hydrogens (tertiary/aromatic N) is 1. The van der Waals surface area contributed by atoms with Crippen LogP contribution in [0.2, 0.25) is 0 Å². The Bertz CT molecular complexity index is 1010. The number of hydrogen-bond donors (Lipinski definition) is 3. The van der Waals surface area contributed by atoms with E-state index in [4.69, 9.17) is 0 Å². The second-order valence-corrected chi connectivity index (χ2v) is 6.49. The van der Waals surface area contributed by atoms with E-state index in [1.54, 1.807) is 36.4 Å². The normalized spacial score (nSPS) is 10.2. The van der Waals surface area contributed by atoms with Crippen LogP contribution in [0, 0.1) is 12.7 Å². The van der Waals surface area contributed by atoms with Gasteiger partial charge in [0.25, 0.3) is 5.91 Å². The molecule has 0 saturated carbocycles. The summed E-state index contributed by atoms with van der Waals surface area (Å²) in [6.07, 6.45) is 0. The summed E-state index contributed by atoms with van der Waals surface area (Å²) in [6, 6.07) is 19.2. The molecular formula is C21H18FN3O2S. The Morgan fingerprint density at radius 2 is 1.61 bits per heavy atom. The first-order valence-electron chi connectivity index (χ1n) is 8.46. The molecule has 0 saturated heterocycles. The number of nitrogens with one attached hydrogen (secondary N) is 2. The number of halogens is 1. The topological polar surface area (TPSA) is 61.4 Å². The molecule has 5 nitrogen and oxygen atoms in total. The summed E-state index contributed by atoms with van der Waals surface area (Å²) in [7, 11) is 0. The van der Waals surface area contributed by atoms with Gasteiger partial charge in [0.05, 0.1) is 11.3 Å². The highest BCUT2D eigenvalue weighted by atomic mass is 32.1. The summed E-state index contributed by atoms with van der Waals surface area (Å²) in [5, 5.41) is 5.37. The lowest BCUT2D eigenvalue weighted by molar-refractivity contribution is 0.102. The number of rotatable bonds is 4. The quantitative estimate of drug-likeness (QED) is 0.527. The number of carbonyl (C=O) groups excluding carboxylic acids is 2. The number of benzene rings is 3. The highest BCUT2D eigenvalue weighted by Gasteiger charge is 2.14. The Morgan fingerprint density at radius 3 is 2.29 bits per heavy atom. The fraction of sp³-hybridized carbons (Fsp3) is 0.0476. The minimum atomic E-state index is -0.592. The van der Waals surface area contributed by atoms with Crippen LogP contribution < -0.4 is 14.9 Å². The van der Waals surface area contributed by atoms with Gasteiger partial charge in [0.2, 0.25) is 0 Å². The van der Waals surface area contributed by atoms with Crippen molar-refractivity contribution >= 4 is 41.8 Å². The van der Waals surface area contributed by atoms with Gasteiger partial charge in [-0.15, -0.1) is 0 Å². The molecule has 0 aromatic heterocycles. The van der Waals surface area contributed by atoms with E-state index < -0.39 is 17.8 Å². The number of anilines is 3. The van der Waals surface area contributed by atoms with Crippen molar-refractivity contribution in [1.29, 1.82) is 0 Å². The van der Waals surface area contributed by atoms with Gasteiger partial charge in [-0.05, 0) is 61.0 Å². The Kier molecular flexibility index (Phi) is 5.96. The third kappa shape index (κ3) is 4.69. The molecule has 0 atom stereocenters. The Balaban J connectivity index is 1.65. The van der Waals surface area contributed by atoms with Crippen LogP contribution in [-0.2, 0) is 0 Å². The highest BCUT2D eigenvalue weighted by Crippen LogP contribution is 2.22. The van der Waals surface area contributed by atoms with Crippen LogP contribution in [-0.4, -0.2) is 11.9 Å². The molecule has 0 heterocycles. The summed E-state index contributed by atoms with van der Waals surface area (Å²) < 4.78 is 14.8. The summed E-state index contributed by atoms with van der Waals surface area (Å²) in [5.74, 6) is -1.14. The van der Waals surface area contributed by atoms with E-state index in [-0.39, 0.29) is 5.56 Å². The zero-order valence-corrected chi connectivity index (χ0v) is 15.9. The maximum Gasteiger partial charge on any atom is 0.336 e. The third-order valence-corrected chi connectivity index (χ3v) is 4.36. The van der Waals surface area contributed by atoms with Gasteiger partial charge in [-0.25, -0.2) is 13.5 Å². The van der Waals surface area contributed by atoms with Crippen molar-refractivity contribution in [1.82, 2.24) is 0 Å². The lowest BCUT2D eigenvalue weighted by atomic mass is 10.2. The third-order valence-electron chi connectivity index (χ3n) is 3.95. The van der Waals surface area contributed by atoms with Gasteiger partial charge in [0.1, 0.15) is 5.82 Å². The molecule has 28 heavy (non-hydrogen) atoms. The lowest BCUT2D eigenvalue weighted by Gasteiger charge is -2.17. The first-order chi connectivity index (χ1) is 13.4. The van der Waals surface area contributed by atoms with Crippen molar-refractivity contribution in [3.63, 3.8) is 0 Å². The number of urea groups is 1. The van der Waals surface area contributed by atoms with Gasteiger partial charge in [-0.1, -0.05) is 37.1 Å². The Morgan fingerprint density at radius 1 is 0.893 bits per heavy atom. The van der Waals surface area contributed by atoms with Crippen molar-refractivity contribution in [2.75, 3.05) is 14.9 Å². The molecular weight excluding hydrogens is 377 g/mol. The molecule has 142 valence electrons. The van der Waals surface area contributed by atoms with Crippen molar-refractivity contribution in [2.45, 2.75) is 6.92 Å². The number of amides is 3. The van der Waals surface area contributed by atoms with Crippen LogP contribution in [0.3, 0.4) is 0 Å². The molecule has 3 aromatic carbocycles. The standard InChI is InChI=1S/C21H18FN3O2S/c1-14-5-4-6-16(13-14)24-21(27)25(28)17-11-9-15(10-12-17)23-20(26)18-7-2-3-8-19(18)22/h2-13,28H,1H3,(H,23,26)(H,24,27). The molecule has 3 amide bonds. The average Bonchev–Trinajstić information content (AvgIpc) is 2.68. The van der Waals surface area contributed by atoms with Crippen LogP contribution in [0.15, 0.2) is 72.8 Å². The van der Waals surface area contributed by atoms with Gasteiger partial charge >= 0.3 is 6.03 Å². The molecule has 0 aliphatic heterocycles. The van der Waals surface area contributed by atoms with Crippen molar-refractivity contribution < 1.29 is 14.0 Å². The summed E-state index contributed by atoms with van der Waals surface area (Å²) >= 11 is 4.23. The lowest BCUT2D eigenvalue weighted by Crippen LogP contribution is -2.26. The van der Waals surface area contributed by atoms with E-state index in [0.717, 1.165) is 9.87 Å². The molecule has 0 fully saturated rings. The van der Waals surface area contributed by atoms with E-state index in [9.17, 15) is 14.0 Å². The first-order valence-corrected chi connectivity index (χ1v) is 8.86. The number of carbonyl (C=O) groups is 2. The van der Waals surface area contributed by atoms with Crippen LogP contribution in [0.25, 0.3) is 0 Å². The number of hydrogen-bond acceptors (Lipinski definition) is 3. The largest absolute Gasteiger partial charge is 0.336 e. The first kappa shape index (κ1) is 19.4. The molecule has 7 heteroatoms. The fourth-order valence-corrected chi connectivity index (χ4v) is 2.73. The van der Waals surface area contributed by atoms with Crippen LogP contribution >= 0.6 is 12.8 Å². The molecule has 0 unspecified atom stereocenters. The van der Waals surface area contributed by atoms with E-state index in [1.807, 2.05) is 25.1 Å². The van der Waals surface area contributed by atoms with E-state index >= 15 is 0 Å². The Labute approximate surface area is 167 Å². The van der Waals surface area contributed by atoms with Crippen LogP contribution in [0.4, 0.5) is 26.2 Å². The predicted octanol–water partition coefficient (Wildman–Crippen LogP) is 5.27. The smallest absolute Gasteiger partial charge is 0.322 e. The molecule has 3 aromatic rings. The second kappa shape index (κ2) is 8.58. The highest BCUT2D eigenvalue weighted by molar-refractivity contribution is 7.82. The number of aryl methyl sites for hydroxylation is 1. The predicted molar refractivity (Wildman–Crippen MR) is 112 cm³/mol. The van der Waals surface area contributed by atoms with Crippen molar-refractivity contribution in [2.24, 2.45) is 0 Å². The molecule has 2 N–H and O–H groups in total. The molecule has 3 rings (SSSR count). The SMILES string of the molecule is Cc1cccc(NC(=O)N(S)c2ccc(NC(=O)c3ccccc3F)cc2)c1. The molecule has 0 bridgehead atoms. The minimum Gasteiger partial charge on any atom is -0.322 e. The van der Waals surface area contributed by atoms with Gasteiger partial charge in [-0.2, -0.15) is 0 Å². The van der Waals surface area contributed by atoms with E-state index in [1.165, 1.54) is 18.2 Å². The fourth-order valence-electron chi connectivity index (χ4n) is 2.55. The maximum absolute atomic E-state index is 13.7. The number of thiol groups is 1. The summed E-state index contributed by atoms with van der Waals surface area (Å²) in [6.45, 7) is 1.93. The van der Waals surface area contributed by atoms with Gasteiger partial charge < -0.3 is 10.6 Å². The van der Waals surface area contributed by atoms with Crippen molar-refractivity contribution in [3.8, 4) is 0 Å². The van der Waals surface area contributed by atoms with Gasteiger partial charge in [-0.3, -0.25) is 4.79 Å². The van der Waals surface area contributed by atoms with Gasteiger partial charge in [0.15, 0.2) is 0 Å². The zero-order chi connectivity index (χ0) is 20.1. The van der Waals surface area contributed by atoms with Crippen LogP contribution in [0.5, 0.6) is 0 Å². The minimum absolute atomic E-state index is 0.0417. The molecule has 0 spiro atoms. The Hall–Kier alpha value is -3.32. The molecule has 0 aliphatic carbocycles. The monoisotopic (exact) mass is 395 g/mol. The van der Waals surface area contributed by atoms with E-state index in [2.05, 4.69) is 23.4 Å². The second-order valence-electron chi connectivity index (χ2n) is 6.09.